The number of carboxylic acids is 1. The van der Waals surface area contributed by atoms with Gasteiger partial charge in [-0.1, -0.05) is 0 Å². The molecule has 6 heteroatoms. The van der Waals surface area contributed by atoms with Crippen molar-refractivity contribution in [2.45, 2.75) is 0 Å². The molecule has 1 aromatic heterocycles. The topological polar surface area (TPSA) is 91.3 Å². The third-order valence-corrected chi connectivity index (χ3v) is 2.52. The Morgan fingerprint density at radius 3 is 2.20 bits per heavy atom. The summed E-state index contributed by atoms with van der Waals surface area (Å²) in [7, 11) is 0. The van der Waals surface area contributed by atoms with Gasteiger partial charge in [0, 0.05) is 29.3 Å². The summed E-state index contributed by atoms with van der Waals surface area (Å²) in [6, 6.07) is 10.4. The molecule has 1 heterocycles. The number of aromatic nitrogens is 1. The molecule has 3 N–H and O–H groups in total. The number of hydrogen-bond acceptors (Lipinski definition) is 4. The fraction of sp³-hybridized carbons (Fsp3) is 0.0714. The predicted molar refractivity (Wildman–Crippen MR) is 73.9 cm³/mol. The molecule has 0 spiro atoms. The zero-order valence-electron chi connectivity index (χ0n) is 10.5. The first-order valence-electron chi connectivity index (χ1n) is 5.92. The van der Waals surface area contributed by atoms with Crippen LogP contribution in [0.3, 0.4) is 0 Å². The highest BCUT2D eigenvalue weighted by Crippen LogP contribution is 2.15. The third kappa shape index (κ3) is 3.81. The summed E-state index contributed by atoms with van der Waals surface area (Å²) in [6.07, 6.45) is 3.35. The number of nitrogens with one attached hydrogen (secondary N) is 2. The lowest BCUT2D eigenvalue weighted by Gasteiger charge is -2.07. The second kappa shape index (κ2) is 6.33. The van der Waals surface area contributed by atoms with Crippen LogP contribution in [-0.4, -0.2) is 28.5 Å². The summed E-state index contributed by atoms with van der Waals surface area (Å²) >= 11 is 0. The van der Waals surface area contributed by atoms with Crippen molar-refractivity contribution in [3.05, 3.63) is 54.4 Å². The lowest BCUT2D eigenvalue weighted by Crippen LogP contribution is -2.29. The van der Waals surface area contributed by atoms with Gasteiger partial charge in [-0.25, -0.2) is 0 Å². The number of carbonyl (C=O) groups is 2. The maximum absolute atomic E-state index is 11.6. The lowest BCUT2D eigenvalue weighted by molar-refractivity contribution is -0.135. The Kier molecular flexibility index (Phi) is 4.28. The number of amides is 1. The molecule has 2 aromatic rings. The second-order valence-electron chi connectivity index (χ2n) is 4.01. The van der Waals surface area contributed by atoms with E-state index in [1.165, 1.54) is 0 Å². The molecule has 0 bridgehead atoms. The van der Waals surface area contributed by atoms with Gasteiger partial charge in [0.1, 0.15) is 6.54 Å². The summed E-state index contributed by atoms with van der Waals surface area (Å²) in [4.78, 5) is 25.9. The van der Waals surface area contributed by atoms with Crippen LogP contribution in [0.1, 0.15) is 10.4 Å². The first-order chi connectivity index (χ1) is 9.65. The highest BCUT2D eigenvalue weighted by atomic mass is 16.4. The minimum absolute atomic E-state index is 0.393. The van der Waals surface area contributed by atoms with E-state index >= 15 is 0 Å². The summed E-state index contributed by atoms with van der Waals surface area (Å²) in [5.74, 6) is -1.49. The van der Waals surface area contributed by atoms with Crippen molar-refractivity contribution in [1.29, 1.82) is 0 Å². The molecule has 1 aromatic carbocycles. The van der Waals surface area contributed by atoms with Gasteiger partial charge in [0.05, 0.1) is 0 Å². The Bertz CT molecular complexity index is 597. The van der Waals surface area contributed by atoms with Crippen molar-refractivity contribution in [2.24, 2.45) is 0 Å². The van der Waals surface area contributed by atoms with Crippen molar-refractivity contribution in [3.8, 4) is 0 Å². The van der Waals surface area contributed by atoms with Gasteiger partial charge in [-0.05, 0) is 36.4 Å². The van der Waals surface area contributed by atoms with Crippen LogP contribution in [0.15, 0.2) is 48.8 Å². The molecule has 1 amide bonds. The van der Waals surface area contributed by atoms with E-state index in [0.717, 1.165) is 11.4 Å². The van der Waals surface area contributed by atoms with Crippen molar-refractivity contribution in [1.82, 2.24) is 10.3 Å². The minimum atomic E-state index is -1.07. The van der Waals surface area contributed by atoms with Crippen molar-refractivity contribution in [3.63, 3.8) is 0 Å². The molecular weight excluding hydrogens is 258 g/mol. The number of benzene rings is 1. The van der Waals surface area contributed by atoms with E-state index < -0.39 is 18.4 Å². The van der Waals surface area contributed by atoms with Crippen molar-refractivity contribution in [2.75, 3.05) is 11.9 Å². The van der Waals surface area contributed by atoms with E-state index in [2.05, 4.69) is 15.6 Å². The van der Waals surface area contributed by atoms with Crippen molar-refractivity contribution >= 4 is 23.3 Å². The molecule has 6 nitrogen and oxygen atoms in total. The maximum atomic E-state index is 11.6. The van der Waals surface area contributed by atoms with Gasteiger partial charge in [0.25, 0.3) is 5.91 Å². The number of nitrogens with zero attached hydrogens (tertiary/aromatic N) is 1. The quantitative estimate of drug-likeness (QED) is 0.769. The molecule has 0 aliphatic carbocycles. The number of pyridine rings is 1. The average Bonchev–Trinajstić information content (AvgIpc) is 2.46. The summed E-state index contributed by atoms with van der Waals surface area (Å²) in [6.45, 7) is -0.393. The van der Waals surface area contributed by atoms with E-state index in [-0.39, 0.29) is 0 Å². The first-order valence-corrected chi connectivity index (χ1v) is 5.92. The monoisotopic (exact) mass is 271 g/mol. The fourth-order valence-electron chi connectivity index (χ4n) is 1.56. The smallest absolute Gasteiger partial charge is 0.322 e. The molecule has 0 aliphatic rings. The number of carbonyl (C=O) groups excluding carboxylic acids is 1. The van der Waals surface area contributed by atoms with Gasteiger partial charge < -0.3 is 15.7 Å². The molecule has 0 radical (unpaired) electrons. The van der Waals surface area contributed by atoms with Gasteiger partial charge in [-0.15, -0.1) is 0 Å². The number of hydrogen-bond donors (Lipinski definition) is 3. The van der Waals surface area contributed by atoms with Gasteiger partial charge in [-0.3, -0.25) is 14.6 Å². The van der Waals surface area contributed by atoms with Gasteiger partial charge in [0.2, 0.25) is 0 Å². The molecule has 20 heavy (non-hydrogen) atoms. The molecule has 0 saturated carbocycles. The predicted octanol–water partition coefficient (Wildman–Crippen LogP) is 1.64. The van der Waals surface area contributed by atoms with Crippen LogP contribution in [0, 0.1) is 0 Å². The normalized spacial score (nSPS) is 9.80. The van der Waals surface area contributed by atoms with Crippen LogP contribution in [0.2, 0.25) is 0 Å². The number of carboxylic acid groups (broad SMARTS) is 1. The van der Waals surface area contributed by atoms with Crippen LogP contribution in [0.5, 0.6) is 0 Å². The maximum Gasteiger partial charge on any atom is 0.322 e. The lowest BCUT2D eigenvalue weighted by atomic mass is 10.2. The van der Waals surface area contributed by atoms with Gasteiger partial charge in [0.15, 0.2) is 0 Å². The van der Waals surface area contributed by atoms with Crippen LogP contribution in [0.25, 0.3) is 0 Å². The Morgan fingerprint density at radius 1 is 1.00 bits per heavy atom. The van der Waals surface area contributed by atoms with E-state index in [4.69, 9.17) is 5.11 Å². The molecule has 0 unspecified atom stereocenters. The number of anilines is 2. The van der Waals surface area contributed by atoms with E-state index in [0.29, 0.717) is 5.56 Å². The molecule has 0 fully saturated rings. The molecule has 0 atom stereocenters. The largest absolute Gasteiger partial charge is 0.480 e. The molecule has 2 rings (SSSR count). The standard InChI is InChI=1S/C14H13N3O3/c18-13(19)9-16-14(20)10-1-3-11(4-2-10)17-12-5-7-15-8-6-12/h1-8H,9H2,(H,15,17)(H,16,20)(H,18,19). The Hall–Kier alpha value is -2.89. The highest BCUT2D eigenvalue weighted by molar-refractivity contribution is 5.96. The number of aliphatic carboxylic acids is 1. The zero-order valence-corrected chi connectivity index (χ0v) is 10.5. The molecule has 0 aliphatic heterocycles. The van der Waals surface area contributed by atoms with Crippen LogP contribution in [-0.2, 0) is 4.79 Å². The highest BCUT2D eigenvalue weighted by Gasteiger charge is 2.06. The molecule has 102 valence electrons. The Labute approximate surface area is 115 Å². The first kappa shape index (κ1) is 13.5. The average molecular weight is 271 g/mol. The molecular formula is C14H13N3O3. The van der Waals surface area contributed by atoms with Crippen molar-refractivity contribution < 1.29 is 14.7 Å². The van der Waals surface area contributed by atoms with Crippen LogP contribution >= 0.6 is 0 Å². The van der Waals surface area contributed by atoms with Gasteiger partial charge in [-0.2, -0.15) is 0 Å². The Morgan fingerprint density at radius 2 is 1.60 bits per heavy atom. The minimum Gasteiger partial charge on any atom is -0.480 e. The van der Waals surface area contributed by atoms with E-state index in [9.17, 15) is 9.59 Å². The fourth-order valence-corrected chi connectivity index (χ4v) is 1.56. The molecule has 0 saturated heterocycles. The summed E-state index contributed by atoms with van der Waals surface area (Å²) in [5.41, 5.74) is 2.13. The second-order valence-corrected chi connectivity index (χ2v) is 4.01. The van der Waals surface area contributed by atoms with E-state index in [1.54, 1.807) is 36.7 Å². The van der Waals surface area contributed by atoms with Crippen LogP contribution < -0.4 is 10.6 Å². The SMILES string of the molecule is O=C(O)CNC(=O)c1ccc(Nc2ccncc2)cc1. The zero-order chi connectivity index (χ0) is 14.4. The third-order valence-electron chi connectivity index (χ3n) is 2.52. The summed E-state index contributed by atoms with van der Waals surface area (Å²) in [5, 5.41) is 13.9. The van der Waals surface area contributed by atoms with Crippen LogP contribution in [0.4, 0.5) is 11.4 Å². The number of rotatable bonds is 5. The van der Waals surface area contributed by atoms with Gasteiger partial charge >= 0.3 is 5.97 Å². The Balaban J connectivity index is 1.99. The summed E-state index contributed by atoms with van der Waals surface area (Å²) < 4.78 is 0. The van der Waals surface area contributed by atoms with E-state index in [1.807, 2.05) is 12.1 Å².